The Morgan fingerprint density at radius 1 is 1.30 bits per heavy atom. The third kappa shape index (κ3) is 4.97. The number of carbonyl (C=O) groups excluding carboxylic acids is 2. The van der Waals surface area contributed by atoms with Crippen molar-refractivity contribution in [3.8, 4) is 5.75 Å². The minimum atomic E-state index is -0.482. The first kappa shape index (κ1) is 21.8. The smallest absolute Gasteiger partial charge is 0.237 e. The maximum atomic E-state index is 12.8. The molecule has 1 N–H and O–H groups in total. The number of pyridine rings is 1. The summed E-state index contributed by atoms with van der Waals surface area (Å²) in [5, 5.41) is 2.90. The molecule has 0 aliphatic carbocycles. The summed E-state index contributed by atoms with van der Waals surface area (Å²) < 4.78 is 5.40. The van der Waals surface area contributed by atoms with Crippen LogP contribution in [0, 0.1) is 13.8 Å². The number of ether oxygens (including phenoxy) is 1. The second-order valence-electron chi connectivity index (χ2n) is 7.77. The molecule has 2 heterocycles. The van der Waals surface area contributed by atoms with Gasteiger partial charge in [0.15, 0.2) is 0 Å². The molecule has 1 aliphatic heterocycles. The molecule has 0 bridgehead atoms. The highest BCUT2D eigenvalue weighted by Crippen LogP contribution is 2.26. The Morgan fingerprint density at radius 2 is 2.10 bits per heavy atom. The fourth-order valence-corrected chi connectivity index (χ4v) is 3.81. The van der Waals surface area contributed by atoms with Gasteiger partial charge in [-0.3, -0.25) is 19.5 Å². The molecule has 0 radical (unpaired) electrons. The zero-order chi connectivity index (χ0) is 21.7. The van der Waals surface area contributed by atoms with Crippen molar-refractivity contribution < 1.29 is 14.3 Å². The SMILES string of the molecule is COc1ccc(CN2CCNC(=O)[C@H]2CC(=O)N(C)Cc2cccnc2)c(C)c1C. The summed E-state index contributed by atoms with van der Waals surface area (Å²) in [6, 6.07) is 7.31. The average molecular weight is 411 g/mol. The summed E-state index contributed by atoms with van der Waals surface area (Å²) >= 11 is 0. The van der Waals surface area contributed by atoms with Crippen LogP contribution in [0.2, 0.25) is 0 Å². The van der Waals surface area contributed by atoms with Crippen LogP contribution in [0.1, 0.15) is 28.7 Å². The minimum Gasteiger partial charge on any atom is -0.496 e. The van der Waals surface area contributed by atoms with Gasteiger partial charge in [-0.2, -0.15) is 0 Å². The number of benzene rings is 1. The molecule has 2 aromatic rings. The molecule has 1 fully saturated rings. The Morgan fingerprint density at radius 3 is 2.80 bits per heavy atom. The predicted molar refractivity (Wildman–Crippen MR) is 115 cm³/mol. The molecule has 1 aromatic carbocycles. The van der Waals surface area contributed by atoms with Gasteiger partial charge in [-0.25, -0.2) is 0 Å². The Labute approximate surface area is 178 Å². The van der Waals surface area contributed by atoms with Crippen molar-refractivity contribution in [2.75, 3.05) is 27.2 Å². The molecular formula is C23H30N4O3. The molecule has 1 aromatic heterocycles. The van der Waals surface area contributed by atoms with E-state index in [4.69, 9.17) is 4.74 Å². The first-order valence-electron chi connectivity index (χ1n) is 10.2. The van der Waals surface area contributed by atoms with Crippen LogP contribution in [-0.4, -0.2) is 59.9 Å². The first-order valence-corrected chi connectivity index (χ1v) is 10.2. The summed E-state index contributed by atoms with van der Waals surface area (Å²) in [4.78, 5) is 33.3. The largest absolute Gasteiger partial charge is 0.496 e. The Balaban J connectivity index is 1.71. The normalized spacial score (nSPS) is 16.8. The number of methoxy groups -OCH3 is 1. The maximum Gasteiger partial charge on any atom is 0.237 e. The topological polar surface area (TPSA) is 74.8 Å². The monoisotopic (exact) mass is 410 g/mol. The number of carbonyl (C=O) groups is 2. The van der Waals surface area contributed by atoms with E-state index >= 15 is 0 Å². The zero-order valence-electron chi connectivity index (χ0n) is 18.1. The number of rotatable bonds is 7. The predicted octanol–water partition coefficient (Wildman–Crippen LogP) is 2.06. The number of piperazine rings is 1. The van der Waals surface area contributed by atoms with Crippen LogP contribution in [-0.2, 0) is 22.7 Å². The quantitative estimate of drug-likeness (QED) is 0.756. The van der Waals surface area contributed by atoms with Crippen molar-refractivity contribution in [1.29, 1.82) is 0 Å². The van der Waals surface area contributed by atoms with Crippen molar-refractivity contribution in [2.24, 2.45) is 0 Å². The van der Waals surface area contributed by atoms with Crippen LogP contribution >= 0.6 is 0 Å². The number of amides is 2. The molecule has 0 unspecified atom stereocenters. The molecule has 1 saturated heterocycles. The van der Waals surface area contributed by atoms with Crippen LogP contribution in [0.25, 0.3) is 0 Å². The summed E-state index contributed by atoms with van der Waals surface area (Å²) in [5.41, 5.74) is 4.35. The van der Waals surface area contributed by atoms with Gasteiger partial charge >= 0.3 is 0 Å². The number of hydrogen-bond acceptors (Lipinski definition) is 5. The summed E-state index contributed by atoms with van der Waals surface area (Å²) in [5.74, 6) is 0.706. The summed E-state index contributed by atoms with van der Waals surface area (Å²) in [6.07, 6.45) is 3.60. The van der Waals surface area contributed by atoms with Crippen LogP contribution < -0.4 is 10.1 Å². The van der Waals surface area contributed by atoms with Gasteiger partial charge in [0.05, 0.1) is 19.6 Å². The van der Waals surface area contributed by atoms with Crippen molar-refractivity contribution in [3.05, 3.63) is 58.9 Å². The molecule has 7 heteroatoms. The van der Waals surface area contributed by atoms with E-state index in [-0.39, 0.29) is 18.2 Å². The minimum absolute atomic E-state index is 0.0615. The fraction of sp³-hybridized carbons (Fsp3) is 0.435. The molecule has 160 valence electrons. The lowest BCUT2D eigenvalue weighted by atomic mass is 10.00. The molecule has 2 amide bonds. The molecule has 3 rings (SSSR count). The second-order valence-corrected chi connectivity index (χ2v) is 7.77. The standard InChI is InChI=1S/C23H30N4O3/c1-16-17(2)21(30-4)8-7-19(16)15-27-11-10-25-23(29)20(27)12-22(28)26(3)14-18-6-5-9-24-13-18/h5-9,13,20H,10-12,14-15H2,1-4H3,(H,25,29)/t20-/m1/s1. The summed E-state index contributed by atoms with van der Waals surface area (Å²) in [7, 11) is 3.43. The fourth-order valence-electron chi connectivity index (χ4n) is 3.81. The van der Waals surface area contributed by atoms with E-state index in [1.54, 1.807) is 31.5 Å². The second kappa shape index (κ2) is 9.71. The number of nitrogens with zero attached hydrogens (tertiary/aromatic N) is 3. The van der Waals surface area contributed by atoms with Gasteiger partial charge in [-0.15, -0.1) is 0 Å². The lowest BCUT2D eigenvalue weighted by Crippen LogP contribution is -2.56. The van der Waals surface area contributed by atoms with E-state index in [0.717, 1.165) is 28.0 Å². The van der Waals surface area contributed by atoms with Crippen LogP contribution in [0.5, 0.6) is 5.75 Å². The van der Waals surface area contributed by atoms with Gasteiger partial charge in [-0.05, 0) is 48.2 Å². The zero-order valence-corrected chi connectivity index (χ0v) is 18.1. The van der Waals surface area contributed by atoms with Crippen molar-refractivity contribution >= 4 is 11.8 Å². The van der Waals surface area contributed by atoms with Gasteiger partial charge in [0.1, 0.15) is 5.75 Å². The van der Waals surface area contributed by atoms with Crippen molar-refractivity contribution in [2.45, 2.75) is 39.4 Å². The lowest BCUT2D eigenvalue weighted by molar-refractivity contribution is -0.138. The maximum absolute atomic E-state index is 12.8. The molecule has 0 spiro atoms. The lowest BCUT2D eigenvalue weighted by Gasteiger charge is -2.36. The number of nitrogens with one attached hydrogen (secondary N) is 1. The van der Waals surface area contributed by atoms with E-state index in [9.17, 15) is 9.59 Å². The van der Waals surface area contributed by atoms with Crippen LogP contribution in [0.4, 0.5) is 0 Å². The highest BCUT2D eigenvalue weighted by molar-refractivity contribution is 5.88. The summed E-state index contributed by atoms with van der Waals surface area (Å²) in [6.45, 7) is 6.49. The van der Waals surface area contributed by atoms with Gasteiger partial charge < -0.3 is 15.0 Å². The molecular weight excluding hydrogens is 380 g/mol. The van der Waals surface area contributed by atoms with Gasteiger partial charge in [0, 0.05) is 45.6 Å². The Bertz CT molecular complexity index is 901. The van der Waals surface area contributed by atoms with E-state index in [0.29, 0.717) is 26.2 Å². The Kier molecular flexibility index (Phi) is 7.05. The van der Waals surface area contributed by atoms with Gasteiger partial charge in [-0.1, -0.05) is 12.1 Å². The average Bonchev–Trinajstić information content (AvgIpc) is 2.74. The first-order chi connectivity index (χ1) is 14.4. The van der Waals surface area contributed by atoms with Gasteiger partial charge in [0.2, 0.25) is 11.8 Å². The van der Waals surface area contributed by atoms with E-state index in [2.05, 4.69) is 22.1 Å². The number of aromatic nitrogens is 1. The highest BCUT2D eigenvalue weighted by atomic mass is 16.5. The van der Waals surface area contributed by atoms with Crippen LogP contribution in [0.15, 0.2) is 36.7 Å². The Hall–Kier alpha value is -2.93. The van der Waals surface area contributed by atoms with Crippen molar-refractivity contribution in [1.82, 2.24) is 20.1 Å². The molecule has 7 nitrogen and oxygen atoms in total. The molecule has 1 atom stereocenters. The van der Waals surface area contributed by atoms with Crippen LogP contribution in [0.3, 0.4) is 0 Å². The van der Waals surface area contributed by atoms with Crippen molar-refractivity contribution in [3.63, 3.8) is 0 Å². The van der Waals surface area contributed by atoms with Gasteiger partial charge in [0.25, 0.3) is 0 Å². The van der Waals surface area contributed by atoms with E-state index in [1.165, 1.54) is 0 Å². The molecule has 1 aliphatic rings. The number of hydrogen-bond donors (Lipinski definition) is 1. The molecule has 0 saturated carbocycles. The molecule has 30 heavy (non-hydrogen) atoms. The highest BCUT2D eigenvalue weighted by Gasteiger charge is 2.32. The third-order valence-electron chi connectivity index (χ3n) is 5.82. The third-order valence-corrected chi connectivity index (χ3v) is 5.82. The van der Waals surface area contributed by atoms with E-state index in [1.807, 2.05) is 31.2 Å². The van der Waals surface area contributed by atoms with E-state index < -0.39 is 6.04 Å².